The summed E-state index contributed by atoms with van der Waals surface area (Å²) in [5, 5.41) is 2.01. The first-order chi connectivity index (χ1) is 16.6. The quantitative estimate of drug-likeness (QED) is 0.245. The Labute approximate surface area is 197 Å². The summed E-state index contributed by atoms with van der Waals surface area (Å²) in [7, 11) is 0. The molecule has 0 saturated carbocycles. The van der Waals surface area contributed by atoms with Crippen LogP contribution in [0.1, 0.15) is 16.7 Å². The average molecular weight is 489 g/mol. The van der Waals surface area contributed by atoms with Gasteiger partial charge in [-0.15, -0.1) is 0 Å². The molecule has 0 aliphatic heterocycles. The van der Waals surface area contributed by atoms with E-state index in [-0.39, 0.29) is 24.5 Å². The Kier molecular flexibility index (Phi) is 8.19. The minimum atomic E-state index is -4.55. The molecule has 3 aromatic rings. The molecule has 35 heavy (non-hydrogen) atoms. The van der Waals surface area contributed by atoms with E-state index < -0.39 is 40.7 Å². The first-order valence-electron chi connectivity index (χ1n) is 10.2. The third-order valence-electron chi connectivity index (χ3n) is 4.71. The van der Waals surface area contributed by atoms with Crippen LogP contribution in [0.25, 0.3) is 0 Å². The standard InChI is InChI=1S/C25H20F5N3O2/c26-19-7-4-8-20(27)23(19)33-24(34)21(31)11-12-32-14-17-13-18(25(28,29)30)9-10-22(17)35-15-16-5-2-1-3-6-16/h1-13H,14-15,31H2,(H,33,34). The van der Waals surface area contributed by atoms with Crippen LogP contribution in [-0.4, -0.2) is 12.1 Å². The molecular formula is C25H20F5N3O2. The lowest BCUT2D eigenvalue weighted by atomic mass is 10.1. The highest BCUT2D eigenvalue weighted by Crippen LogP contribution is 2.33. The van der Waals surface area contributed by atoms with Gasteiger partial charge in [0.05, 0.1) is 17.8 Å². The molecular weight excluding hydrogens is 469 g/mol. The largest absolute Gasteiger partial charge is 0.489 e. The normalized spacial score (nSPS) is 12.1. The molecule has 182 valence electrons. The van der Waals surface area contributed by atoms with Crippen molar-refractivity contribution in [3.8, 4) is 5.75 Å². The summed E-state index contributed by atoms with van der Waals surface area (Å²) < 4.78 is 72.5. The van der Waals surface area contributed by atoms with Crippen molar-refractivity contribution in [3.63, 3.8) is 0 Å². The molecule has 0 heterocycles. The van der Waals surface area contributed by atoms with Crippen LogP contribution in [0.3, 0.4) is 0 Å². The van der Waals surface area contributed by atoms with E-state index in [1.807, 2.05) is 35.6 Å². The fourth-order valence-electron chi connectivity index (χ4n) is 2.92. The lowest BCUT2D eigenvalue weighted by Gasteiger charge is -2.13. The fourth-order valence-corrected chi connectivity index (χ4v) is 2.92. The molecule has 0 atom stereocenters. The highest BCUT2D eigenvalue weighted by molar-refractivity contribution is 6.05. The van der Waals surface area contributed by atoms with E-state index in [9.17, 15) is 26.7 Å². The molecule has 0 aromatic heterocycles. The zero-order valence-electron chi connectivity index (χ0n) is 18.2. The second-order valence-electron chi connectivity index (χ2n) is 7.26. The third kappa shape index (κ3) is 7.13. The summed E-state index contributed by atoms with van der Waals surface area (Å²) in [6.45, 7) is -0.0655. The van der Waals surface area contributed by atoms with Crippen molar-refractivity contribution < 1.29 is 31.5 Å². The van der Waals surface area contributed by atoms with Crippen molar-refractivity contribution in [1.82, 2.24) is 0 Å². The number of alkyl halides is 3. The monoisotopic (exact) mass is 489 g/mol. The number of carbonyl (C=O) groups excluding carboxylic acids is 1. The minimum Gasteiger partial charge on any atom is -0.489 e. The van der Waals surface area contributed by atoms with Crippen molar-refractivity contribution in [3.05, 3.63) is 107 Å². The molecule has 3 aromatic carbocycles. The van der Waals surface area contributed by atoms with E-state index in [4.69, 9.17) is 10.5 Å². The smallest absolute Gasteiger partial charge is 0.416 e. The number of carbonyl (C=O) groups is 1. The van der Waals surface area contributed by atoms with Gasteiger partial charge in [-0.3, -0.25) is 9.79 Å². The van der Waals surface area contributed by atoms with Crippen LogP contribution in [0.15, 0.2) is 83.5 Å². The van der Waals surface area contributed by atoms with Crippen molar-refractivity contribution in [2.75, 3.05) is 5.32 Å². The van der Waals surface area contributed by atoms with E-state index in [2.05, 4.69) is 4.99 Å². The van der Waals surface area contributed by atoms with Crippen LogP contribution in [-0.2, 0) is 24.1 Å². The van der Waals surface area contributed by atoms with E-state index in [0.29, 0.717) is 0 Å². The van der Waals surface area contributed by atoms with Gasteiger partial charge < -0.3 is 15.8 Å². The van der Waals surface area contributed by atoms with Crippen molar-refractivity contribution >= 4 is 17.8 Å². The molecule has 5 nitrogen and oxygen atoms in total. The van der Waals surface area contributed by atoms with Gasteiger partial charge in [0.25, 0.3) is 5.91 Å². The number of rotatable bonds is 8. The lowest BCUT2D eigenvalue weighted by Crippen LogP contribution is -2.21. The molecule has 3 rings (SSSR count). The van der Waals surface area contributed by atoms with Crippen molar-refractivity contribution in [2.45, 2.75) is 19.3 Å². The maximum absolute atomic E-state index is 13.7. The van der Waals surface area contributed by atoms with Gasteiger partial charge in [-0.25, -0.2) is 8.78 Å². The van der Waals surface area contributed by atoms with Gasteiger partial charge >= 0.3 is 6.18 Å². The summed E-state index contributed by atoms with van der Waals surface area (Å²) in [5.41, 5.74) is 4.66. The SMILES string of the molecule is NC(=CC=NCc1cc(C(F)(F)F)ccc1OCc1ccccc1)C(=O)Nc1c(F)cccc1F. The molecule has 0 fully saturated rings. The highest BCUT2D eigenvalue weighted by atomic mass is 19.4. The summed E-state index contributed by atoms with van der Waals surface area (Å²) in [5.74, 6) is -2.73. The Bertz CT molecular complexity index is 1220. The van der Waals surface area contributed by atoms with Crippen LogP contribution in [0.4, 0.5) is 27.6 Å². The molecule has 0 radical (unpaired) electrons. The number of anilines is 1. The molecule has 10 heteroatoms. The van der Waals surface area contributed by atoms with E-state index in [1.54, 1.807) is 0 Å². The summed E-state index contributed by atoms with van der Waals surface area (Å²) in [6.07, 6.45) is -2.39. The predicted octanol–water partition coefficient (Wildman–Crippen LogP) is 5.61. The number of amides is 1. The number of nitrogens with one attached hydrogen (secondary N) is 1. The Balaban J connectivity index is 1.71. The summed E-state index contributed by atoms with van der Waals surface area (Å²) in [4.78, 5) is 16.1. The maximum Gasteiger partial charge on any atom is 0.416 e. The summed E-state index contributed by atoms with van der Waals surface area (Å²) in [6, 6.07) is 15.2. The number of ether oxygens (including phenoxy) is 1. The number of hydrogen-bond donors (Lipinski definition) is 2. The number of halogens is 5. The highest BCUT2D eigenvalue weighted by Gasteiger charge is 2.31. The van der Waals surface area contributed by atoms with Crippen molar-refractivity contribution in [1.29, 1.82) is 0 Å². The van der Waals surface area contributed by atoms with Gasteiger partial charge in [-0.1, -0.05) is 36.4 Å². The van der Waals surface area contributed by atoms with E-state index in [0.717, 1.165) is 48.2 Å². The number of aliphatic imine (C=N–C) groups is 1. The van der Waals surface area contributed by atoms with Gasteiger partial charge in [-0.2, -0.15) is 13.2 Å². The molecule has 0 aliphatic rings. The minimum absolute atomic E-state index is 0.141. The van der Waals surface area contributed by atoms with Crippen LogP contribution in [0.5, 0.6) is 5.75 Å². The Morgan fingerprint density at radius 1 is 1.00 bits per heavy atom. The zero-order chi connectivity index (χ0) is 25.4. The van der Waals surface area contributed by atoms with Crippen molar-refractivity contribution in [2.24, 2.45) is 10.7 Å². The molecule has 0 bridgehead atoms. The Hall–Kier alpha value is -4.21. The second-order valence-corrected chi connectivity index (χ2v) is 7.26. The number of allylic oxidation sites excluding steroid dienone is 1. The fraction of sp³-hybridized carbons (Fsp3) is 0.120. The number of nitrogens with two attached hydrogens (primary N) is 1. The summed E-state index contributed by atoms with van der Waals surface area (Å²) >= 11 is 0. The van der Waals surface area contributed by atoms with Gasteiger partial charge in [0.1, 0.15) is 29.7 Å². The maximum atomic E-state index is 13.7. The predicted molar refractivity (Wildman–Crippen MR) is 122 cm³/mol. The number of benzene rings is 3. The van der Waals surface area contributed by atoms with Crippen LogP contribution in [0.2, 0.25) is 0 Å². The molecule has 0 unspecified atom stereocenters. The molecule has 0 aliphatic carbocycles. The zero-order valence-corrected chi connectivity index (χ0v) is 18.2. The molecule has 0 saturated heterocycles. The number of para-hydroxylation sites is 1. The van der Waals surface area contributed by atoms with E-state index in [1.165, 1.54) is 6.07 Å². The second kappa shape index (κ2) is 11.3. The molecule has 1 amide bonds. The Morgan fingerprint density at radius 3 is 2.34 bits per heavy atom. The van der Waals surface area contributed by atoms with E-state index >= 15 is 0 Å². The average Bonchev–Trinajstić information content (AvgIpc) is 2.83. The topological polar surface area (TPSA) is 76.7 Å². The van der Waals surface area contributed by atoms with Crippen LogP contribution >= 0.6 is 0 Å². The Morgan fingerprint density at radius 2 is 1.69 bits per heavy atom. The van der Waals surface area contributed by atoms with Crippen LogP contribution < -0.4 is 15.8 Å². The van der Waals surface area contributed by atoms with Gasteiger partial charge in [0.15, 0.2) is 0 Å². The van der Waals surface area contributed by atoms with Crippen LogP contribution in [0, 0.1) is 11.6 Å². The van der Waals surface area contributed by atoms with Gasteiger partial charge in [0, 0.05) is 11.8 Å². The lowest BCUT2D eigenvalue weighted by molar-refractivity contribution is -0.137. The third-order valence-corrected chi connectivity index (χ3v) is 4.71. The molecule has 3 N–H and O–H groups in total. The first kappa shape index (κ1) is 25.4. The van der Waals surface area contributed by atoms with Gasteiger partial charge in [0.2, 0.25) is 0 Å². The van der Waals surface area contributed by atoms with Gasteiger partial charge in [-0.05, 0) is 42.0 Å². The molecule has 0 spiro atoms. The first-order valence-corrected chi connectivity index (χ1v) is 10.2. The number of hydrogen-bond acceptors (Lipinski definition) is 4. The number of nitrogens with zero attached hydrogens (tertiary/aromatic N) is 1.